The molecule has 0 radical (unpaired) electrons. The molecule has 3 aromatic rings. The summed E-state index contributed by atoms with van der Waals surface area (Å²) in [6, 6.07) is 11.4. The Bertz CT molecular complexity index is 1210. The van der Waals surface area contributed by atoms with Crippen molar-refractivity contribution in [3.63, 3.8) is 0 Å². The summed E-state index contributed by atoms with van der Waals surface area (Å²) in [5.74, 6) is -1.37. The number of H-pyrrole nitrogens is 1. The van der Waals surface area contributed by atoms with Gasteiger partial charge >= 0.3 is 5.97 Å². The van der Waals surface area contributed by atoms with E-state index in [1.165, 1.54) is 22.5 Å². The van der Waals surface area contributed by atoms with Crippen LogP contribution in [0, 0.1) is 0 Å². The maximum atomic E-state index is 13.1. The number of hydrogen-bond acceptors (Lipinski definition) is 4. The lowest BCUT2D eigenvalue weighted by Gasteiger charge is -2.19. The van der Waals surface area contributed by atoms with Gasteiger partial charge in [-0.1, -0.05) is 18.2 Å². The molecule has 1 aromatic heterocycles. The SMILES string of the molecule is O=C(O)c1c[nH]c2ccc(S(=O)(=O)N3CCc4ccccc43)cc2c1=O. The van der Waals surface area contributed by atoms with Gasteiger partial charge in [-0.2, -0.15) is 0 Å². The fraction of sp³-hybridized carbons (Fsp3) is 0.111. The number of aromatic amines is 1. The van der Waals surface area contributed by atoms with Crippen molar-refractivity contribution in [1.29, 1.82) is 0 Å². The second-order valence-electron chi connectivity index (χ2n) is 6.00. The lowest BCUT2D eigenvalue weighted by atomic mass is 10.1. The summed E-state index contributed by atoms with van der Waals surface area (Å²) in [6.45, 7) is 0.325. The second-order valence-corrected chi connectivity index (χ2v) is 7.86. The van der Waals surface area contributed by atoms with E-state index >= 15 is 0 Å². The van der Waals surface area contributed by atoms with Crippen LogP contribution in [0.25, 0.3) is 10.9 Å². The Labute approximate surface area is 148 Å². The Hall–Kier alpha value is -3.13. The molecule has 0 fully saturated rings. The van der Waals surface area contributed by atoms with Gasteiger partial charge in [-0.05, 0) is 36.2 Å². The fourth-order valence-electron chi connectivity index (χ4n) is 3.20. The standard InChI is InChI=1S/C18H14N2O5S/c21-17-13-9-12(5-6-15(13)19-10-14(17)18(22)23)26(24,25)20-8-7-11-3-1-2-4-16(11)20/h1-6,9-10H,7-8H2,(H,19,21)(H,22,23). The summed E-state index contributed by atoms with van der Waals surface area (Å²) in [5.41, 5.74) is 0.799. The van der Waals surface area contributed by atoms with Crippen molar-refractivity contribution in [1.82, 2.24) is 4.98 Å². The highest BCUT2D eigenvalue weighted by molar-refractivity contribution is 7.92. The van der Waals surface area contributed by atoms with Crippen molar-refractivity contribution < 1.29 is 18.3 Å². The Kier molecular flexibility index (Phi) is 3.58. The first-order chi connectivity index (χ1) is 12.4. The van der Waals surface area contributed by atoms with Crippen molar-refractivity contribution >= 4 is 32.6 Å². The molecule has 132 valence electrons. The minimum absolute atomic E-state index is 0.0263. The largest absolute Gasteiger partial charge is 0.477 e. The van der Waals surface area contributed by atoms with Gasteiger partial charge in [-0.25, -0.2) is 13.2 Å². The van der Waals surface area contributed by atoms with E-state index in [9.17, 15) is 18.0 Å². The third-order valence-electron chi connectivity index (χ3n) is 4.52. The zero-order valence-corrected chi connectivity index (χ0v) is 14.3. The van der Waals surface area contributed by atoms with Crippen molar-refractivity contribution in [2.45, 2.75) is 11.3 Å². The summed E-state index contributed by atoms with van der Waals surface area (Å²) >= 11 is 0. The predicted octanol–water partition coefficient (Wildman–Crippen LogP) is 1.98. The highest BCUT2D eigenvalue weighted by Gasteiger charge is 2.31. The van der Waals surface area contributed by atoms with Crippen LogP contribution in [0.1, 0.15) is 15.9 Å². The van der Waals surface area contributed by atoms with Crippen LogP contribution in [0.4, 0.5) is 5.69 Å². The summed E-state index contributed by atoms with van der Waals surface area (Å²) < 4.78 is 27.5. The Morgan fingerprint density at radius 2 is 1.92 bits per heavy atom. The molecule has 2 aromatic carbocycles. The van der Waals surface area contributed by atoms with Crippen LogP contribution in [0.5, 0.6) is 0 Å². The summed E-state index contributed by atoms with van der Waals surface area (Å²) in [6.07, 6.45) is 1.73. The average molecular weight is 370 g/mol. The molecule has 0 amide bonds. The number of pyridine rings is 1. The highest BCUT2D eigenvalue weighted by atomic mass is 32.2. The molecule has 26 heavy (non-hydrogen) atoms. The number of anilines is 1. The minimum Gasteiger partial charge on any atom is -0.477 e. The first-order valence-electron chi connectivity index (χ1n) is 7.89. The van der Waals surface area contributed by atoms with Crippen LogP contribution in [0.2, 0.25) is 0 Å². The number of aromatic carboxylic acids is 1. The number of carboxylic acids is 1. The number of rotatable bonds is 3. The van der Waals surface area contributed by atoms with E-state index in [4.69, 9.17) is 5.11 Å². The van der Waals surface area contributed by atoms with Gasteiger partial charge in [0.25, 0.3) is 10.0 Å². The smallest absolute Gasteiger partial charge is 0.341 e. The number of nitrogens with zero attached hydrogens (tertiary/aromatic N) is 1. The first-order valence-corrected chi connectivity index (χ1v) is 9.33. The predicted molar refractivity (Wildman–Crippen MR) is 96.2 cm³/mol. The number of carbonyl (C=O) groups is 1. The van der Waals surface area contributed by atoms with E-state index < -0.39 is 27.0 Å². The van der Waals surface area contributed by atoms with Gasteiger partial charge in [0.05, 0.1) is 10.6 Å². The number of sulfonamides is 1. The molecule has 0 saturated carbocycles. The molecule has 0 bridgehead atoms. The molecule has 2 N–H and O–H groups in total. The van der Waals surface area contributed by atoms with E-state index in [1.807, 2.05) is 12.1 Å². The molecule has 4 rings (SSSR count). The van der Waals surface area contributed by atoms with Crippen LogP contribution in [-0.4, -0.2) is 31.0 Å². The maximum absolute atomic E-state index is 13.1. The monoisotopic (exact) mass is 370 g/mol. The molecular formula is C18H14N2O5S. The van der Waals surface area contributed by atoms with Crippen LogP contribution in [0.3, 0.4) is 0 Å². The van der Waals surface area contributed by atoms with Crippen LogP contribution < -0.4 is 9.73 Å². The minimum atomic E-state index is -3.86. The van der Waals surface area contributed by atoms with Crippen LogP contribution in [-0.2, 0) is 16.4 Å². The van der Waals surface area contributed by atoms with Crippen LogP contribution >= 0.6 is 0 Å². The molecule has 1 aliphatic rings. The molecule has 0 saturated heterocycles. The van der Waals surface area contributed by atoms with Gasteiger partial charge in [-0.3, -0.25) is 9.10 Å². The lowest BCUT2D eigenvalue weighted by Crippen LogP contribution is -2.29. The molecule has 2 heterocycles. The number of hydrogen-bond donors (Lipinski definition) is 2. The lowest BCUT2D eigenvalue weighted by molar-refractivity contribution is 0.0695. The fourth-order valence-corrected chi connectivity index (χ4v) is 4.73. The molecule has 0 spiro atoms. The number of aromatic nitrogens is 1. The molecule has 0 aliphatic carbocycles. The zero-order chi connectivity index (χ0) is 18.5. The molecule has 0 unspecified atom stereocenters. The topological polar surface area (TPSA) is 108 Å². The normalized spacial score (nSPS) is 13.8. The average Bonchev–Trinajstić information content (AvgIpc) is 3.06. The van der Waals surface area contributed by atoms with Gasteiger partial charge in [0.2, 0.25) is 5.43 Å². The Morgan fingerprint density at radius 1 is 1.15 bits per heavy atom. The van der Waals surface area contributed by atoms with E-state index in [1.54, 1.807) is 12.1 Å². The van der Waals surface area contributed by atoms with E-state index in [-0.39, 0.29) is 10.3 Å². The second kappa shape index (κ2) is 5.70. The van der Waals surface area contributed by atoms with Crippen molar-refractivity contribution in [3.05, 3.63) is 70.0 Å². The van der Waals surface area contributed by atoms with Gasteiger partial charge in [0.15, 0.2) is 0 Å². The van der Waals surface area contributed by atoms with Crippen molar-refractivity contribution in [3.8, 4) is 0 Å². The van der Waals surface area contributed by atoms with E-state index in [0.29, 0.717) is 24.2 Å². The highest BCUT2D eigenvalue weighted by Crippen LogP contribution is 2.33. The number of para-hydroxylation sites is 1. The number of fused-ring (bicyclic) bond motifs is 2. The van der Waals surface area contributed by atoms with Crippen molar-refractivity contribution in [2.75, 3.05) is 10.8 Å². The molecule has 0 atom stereocenters. The van der Waals surface area contributed by atoms with E-state index in [0.717, 1.165) is 11.8 Å². The Balaban J connectivity index is 1.88. The third kappa shape index (κ3) is 2.38. The molecular weight excluding hydrogens is 356 g/mol. The maximum Gasteiger partial charge on any atom is 0.341 e. The first kappa shape index (κ1) is 16.3. The van der Waals surface area contributed by atoms with Gasteiger partial charge in [0.1, 0.15) is 5.56 Å². The zero-order valence-electron chi connectivity index (χ0n) is 13.5. The molecule has 7 nitrogen and oxygen atoms in total. The van der Waals surface area contributed by atoms with Gasteiger partial charge < -0.3 is 10.1 Å². The number of nitrogens with one attached hydrogen (secondary N) is 1. The molecule has 1 aliphatic heterocycles. The Morgan fingerprint density at radius 3 is 2.69 bits per heavy atom. The quantitative estimate of drug-likeness (QED) is 0.733. The summed E-state index contributed by atoms with van der Waals surface area (Å²) in [7, 11) is -3.86. The summed E-state index contributed by atoms with van der Waals surface area (Å²) in [5, 5.41) is 9.12. The number of carboxylic acid groups (broad SMARTS) is 1. The van der Waals surface area contributed by atoms with Gasteiger partial charge in [-0.15, -0.1) is 0 Å². The van der Waals surface area contributed by atoms with E-state index in [2.05, 4.69) is 4.98 Å². The van der Waals surface area contributed by atoms with Crippen molar-refractivity contribution in [2.24, 2.45) is 0 Å². The van der Waals surface area contributed by atoms with Crippen LogP contribution in [0.15, 0.2) is 58.4 Å². The summed E-state index contributed by atoms with van der Waals surface area (Å²) in [4.78, 5) is 26.2. The third-order valence-corrected chi connectivity index (χ3v) is 6.32. The number of benzene rings is 2. The molecule has 8 heteroatoms. The van der Waals surface area contributed by atoms with Gasteiger partial charge in [0, 0.05) is 23.6 Å².